The Bertz CT molecular complexity index is 323. The van der Waals surface area contributed by atoms with E-state index in [-0.39, 0.29) is 37.6 Å². The molecule has 2 aliphatic heterocycles. The molecule has 4 aliphatic rings. The van der Waals surface area contributed by atoms with Crippen molar-refractivity contribution in [1.82, 2.24) is 0 Å². The van der Waals surface area contributed by atoms with Crippen LogP contribution in [0.25, 0.3) is 0 Å². The van der Waals surface area contributed by atoms with Gasteiger partial charge in [0, 0.05) is 0 Å². The van der Waals surface area contributed by atoms with E-state index < -0.39 is 0 Å². The lowest BCUT2D eigenvalue weighted by molar-refractivity contribution is 0.186. The summed E-state index contributed by atoms with van der Waals surface area (Å²) in [5.74, 6) is 2.16. The molecule has 0 aromatic rings. The fourth-order valence-corrected chi connectivity index (χ4v) is 4.11. The van der Waals surface area contributed by atoms with E-state index in [2.05, 4.69) is 12.2 Å². The average molecular weight is 238 g/mol. The Balaban J connectivity index is 1.54. The van der Waals surface area contributed by atoms with Gasteiger partial charge < -0.3 is 19.7 Å². The first kappa shape index (κ1) is 10.5. The van der Waals surface area contributed by atoms with Gasteiger partial charge in [-0.15, -0.1) is 0 Å². The molecule has 2 saturated heterocycles. The molecule has 0 spiro atoms. The summed E-state index contributed by atoms with van der Waals surface area (Å²) in [4.78, 5) is 0. The second-order valence-corrected chi connectivity index (χ2v) is 5.75. The lowest BCUT2D eigenvalue weighted by Crippen LogP contribution is -2.31. The van der Waals surface area contributed by atoms with E-state index in [0.29, 0.717) is 23.7 Å². The molecule has 0 amide bonds. The maximum Gasteiger partial charge on any atom is 0.107 e. The topological polar surface area (TPSA) is 65.5 Å². The zero-order valence-electron chi connectivity index (χ0n) is 9.61. The average Bonchev–Trinajstić information content (AvgIpc) is 3.23. The van der Waals surface area contributed by atoms with E-state index in [0.717, 1.165) is 0 Å². The van der Waals surface area contributed by atoms with Crippen molar-refractivity contribution >= 4 is 0 Å². The molecule has 0 radical (unpaired) electrons. The van der Waals surface area contributed by atoms with Gasteiger partial charge in [0.15, 0.2) is 0 Å². The highest BCUT2D eigenvalue weighted by Crippen LogP contribution is 2.58. The van der Waals surface area contributed by atoms with Gasteiger partial charge in [-0.1, -0.05) is 12.2 Å². The number of allylic oxidation sites excluding steroid dienone is 2. The van der Waals surface area contributed by atoms with Crippen molar-refractivity contribution in [2.75, 3.05) is 13.2 Å². The van der Waals surface area contributed by atoms with E-state index >= 15 is 0 Å². The highest BCUT2D eigenvalue weighted by atomic mass is 16.6. The lowest BCUT2D eigenvalue weighted by Gasteiger charge is -2.25. The Morgan fingerprint density at radius 3 is 1.71 bits per heavy atom. The molecule has 0 aromatic heterocycles. The lowest BCUT2D eigenvalue weighted by atomic mass is 9.77. The second-order valence-electron chi connectivity index (χ2n) is 5.75. The highest BCUT2D eigenvalue weighted by Gasteiger charge is 2.62. The largest absolute Gasteiger partial charge is 0.394 e. The predicted octanol–water partition coefficient (Wildman–Crippen LogP) is -0.0559. The number of hydrogen-bond donors (Lipinski definition) is 2. The summed E-state index contributed by atoms with van der Waals surface area (Å²) < 4.78 is 11.2. The van der Waals surface area contributed by atoms with Crippen molar-refractivity contribution in [2.24, 2.45) is 23.7 Å². The quantitative estimate of drug-likeness (QED) is 0.532. The Kier molecular flexibility index (Phi) is 2.19. The molecule has 17 heavy (non-hydrogen) atoms. The van der Waals surface area contributed by atoms with Crippen molar-refractivity contribution in [2.45, 2.75) is 30.8 Å². The van der Waals surface area contributed by atoms with Crippen LogP contribution in [0.2, 0.25) is 0 Å². The van der Waals surface area contributed by atoms with Gasteiger partial charge in [-0.3, -0.25) is 0 Å². The minimum atomic E-state index is 0.0431. The normalized spacial score (nSPS) is 58.7. The van der Waals surface area contributed by atoms with Gasteiger partial charge in [0.25, 0.3) is 0 Å². The fourth-order valence-electron chi connectivity index (χ4n) is 4.11. The second kappa shape index (κ2) is 3.54. The number of hydrogen-bond acceptors (Lipinski definition) is 4. The highest BCUT2D eigenvalue weighted by molar-refractivity contribution is 5.20. The predicted molar refractivity (Wildman–Crippen MR) is 59.2 cm³/mol. The molecule has 3 fully saturated rings. The van der Waals surface area contributed by atoms with Crippen molar-refractivity contribution < 1.29 is 19.7 Å². The van der Waals surface area contributed by atoms with Crippen LogP contribution in [-0.4, -0.2) is 47.8 Å². The first-order valence-electron chi connectivity index (χ1n) is 6.54. The number of epoxide rings is 2. The summed E-state index contributed by atoms with van der Waals surface area (Å²) in [6, 6.07) is 0. The number of ether oxygens (including phenoxy) is 2. The van der Waals surface area contributed by atoms with Crippen LogP contribution in [0, 0.1) is 23.7 Å². The molecule has 94 valence electrons. The van der Waals surface area contributed by atoms with Crippen molar-refractivity contribution in [3.05, 3.63) is 12.2 Å². The third kappa shape index (κ3) is 1.45. The Labute approximate surface area is 100 Å². The summed E-state index contributed by atoms with van der Waals surface area (Å²) in [6.07, 6.45) is 6.33. The van der Waals surface area contributed by atoms with Crippen molar-refractivity contribution in [1.29, 1.82) is 0 Å². The minimum Gasteiger partial charge on any atom is -0.394 e. The monoisotopic (exact) mass is 238 g/mol. The fraction of sp³-hybridized carbons (Fsp3) is 0.846. The summed E-state index contributed by atoms with van der Waals surface area (Å²) in [5.41, 5.74) is 0. The smallest absolute Gasteiger partial charge is 0.107 e. The van der Waals surface area contributed by atoms with E-state index in [1.807, 2.05) is 0 Å². The Hall–Kier alpha value is -0.420. The van der Waals surface area contributed by atoms with Gasteiger partial charge >= 0.3 is 0 Å². The molecule has 0 unspecified atom stereocenters. The van der Waals surface area contributed by atoms with Gasteiger partial charge in [0.05, 0.1) is 25.4 Å². The molecular weight excluding hydrogens is 220 g/mol. The Morgan fingerprint density at radius 2 is 1.35 bits per heavy atom. The van der Waals surface area contributed by atoms with Crippen LogP contribution >= 0.6 is 0 Å². The number of fused-ring (bicyclic) bond motifs is 2. The zero-order valence-corrected chi connectivity index (χ0v) is 9.61. The first-order valence-corrected chi connectivity index (χ1v) is 6.54. The third-order valence-electron chi connectivity index (χ3n) is 4.95. The molecule has 2 aliphatic carbocycles. The molecule has 0 aromatic carbocycles. The summed E-state index contributed by atoms with van der Waals surface area (Å²) >= 11 is 0. The molecule has 2 N–H and O–H groups in total. The zero-order chi connectivity index (χ0) is 11.6. The van der Waals surface area contributed by atoms with Gasteiger partial charge in [0.2, 0.25) is 0 Å². The van der Waals surface area contributed by atoms with Crippen LogP contribution in [0.5, 0.6) is 0 Å². The Morgan fingerprint density at radius 1 is 0.882 bits per heavy atom. The minimum absolute atomic E-state index is 0.0431. The standard InChI is InChI=1S/C13H18O4/c14-4-8-12(16-8)10-6-1-2-7(3-6)11(10)13-9(5-15)17-13/h1-2,6-15H,3-5H2/t6-,7+,8-,9-,10-,11+,12-,13-/m0/s1. The number of aliphatic hydroxyl groups is 2. The molecule has 2 heterocycles. The summed E-state index contributed by atoms with van der Waals surface area (Å²) in [6.45, 7) is 0.258. The van der Waals surface area contributed by atoms with Crippen LogP contribution in [-0.2, 0) is 9.47 Å². The van der Waals surface area contributed by atoms with Crippen molar-refractivity contribution in [3.8, 4) is 0 Å². The molecule has 8 atom stereocenters. The van der Waals surface area contributed by atoms with E-state index in [9.17, 15) is 0 Å². The molecule has 1 saturated carbocycles. The molecule has 4 rings (SSSR count). The van der Waals surface area contributed by atoms with Gasteiger partial charge in [0.1, 0.15) is 12.2 Å². The van der Waals surface area contributed by atoms with Gasteiger partial charge in [-0.2, -0.15) is 0 Å². The van der Waals surface area contributed by atoms with Crippen molar-refractivity contribution in [3.63, 3.8) is 0 Å². The van der Waals surface area contributed by atoms with Crippen LogP contribution in [0.1, 0.15) is 6.42 Å². The van der Waals surface area contributed by atoms with Crippen LogP contribution < -0.4 is 0 Å². The van der Waals surface area contributed by atoms with Crippen LogP contribution in [0.4, 0.5) is 0 Å². The number of rotatable bonds is 4. The molecule has 2 bridgehead atoms. The maximum atomic E-state index is 9.13. The van der Waals surface area contributed by atoms with Gasteiger partial charge in [-0.05, 0) is 30.1 Å². The number of aliphatic hydroxyl groups excluding tert-OH is 2. The van der Waals surface area contributed by atoms with Crippen LogP contribution in [0.3, 0.4) is 0 Å². The summed E-state index contributed by atoms with van der Waals surface area (Å²) in [7, 11) is 0. The van der Waals surface area contributed by atoms with E-state index in [1.54, 1.807) is 0 Å². The maximum absolute atomic E-state index is 9.13. The molecule has 4 heteroatoms. The molecule has 4 nitrogen and oxygen atoms in total. The molecular formula is C13H18O4. The van der Waals surface area contributed by atoms with E-state index in [1.165, 1.54) is 6.42 Å². The summed E-state index contributed by atoms with van der Waals surface area (Å²) in [5, 5.41) is 18.3. The van der Waals surface area contributed by atoms with Crippen LogP contribution in [0.15, 0.2) is 12.2 Å². The van der Waals surface area contributed by atoms with E-state index in [4.69, 9.17) is 19.7 Å². The SMILES string of the molecule is OC[C@@H]1O[C@@H]1[C@@H]1[C@H]([C@H]2O[C@H]2CO)[C@@H]2C=C[C@H]1C2. The first-order chi connectivity index (χ1) is 8.33. The third-order valence-corrected chi connectivity index (χ3v) is 4.95. The van der Waals surface area contributed by atoms with Gasteiger partial charge in [-0.25, -0.2) is 0 Å².